The first-order valence-electron chi connectivity index (χ1n) is 15.4. The van der Waals surface area contributed by atoms with E-state index >= 15 is 0 Å². The van der Waals surface area contributed by atoms with Gasteiger partial charge in [0.05, 0.1) is 33.4 Å². The van der Waals surface area contributed by atoms with Crippen molar-refractivity contribution in [1.82, 2.24) is 0 Å². The van der Waals surface area contributed by atoms with E-state index in [4.69, 9.17) is 14.2 Å². The summed E-state index contributed by atoms with van der Waals surface area (Å²) in [7, 11) is 0. The predicted octanol–water partition coefficient (Wildman–Crippen LogP) is 5.50. The van der Waals surface area contributed by atoms with Crippen LogP contribution in [-0.4, -0.2) is 41.8 Å². The zero-order valence-electron chi connectivity index (χ0n) is 26.5. The van der Waals surface area contributed by atoms with E-state index in [9.17, 15) is 33.6 Å². The van der Waals surface area contributed by atoms with Crippen molar-refractivity contribution >= 4 is 41.8 Å². The van der Waals surface area contributed by atoms with Crippen LogP contribution in [0.4, 0.5) is 0 Å². The maximum Gasteiger partial charge on any atom is 0.346 e. The summed E-state index contributed by atoms with van der Waals surface area (Å²) in [4.78, 5) is 87.2. The summed E-state index contributed by atoms with van der Waals surface area (Å²) >= 11 is 0. The Kier molecular flexibility index (Phi) is 8.66. The van der Waals surface area contributed by atoms with E-state index in [0.29, 0.717) is 5.56 Å². The van der Waals surface area contributed by atoms with E-state index in [0.717, 1.165) is 29.3 Å². The molecule has 0 N–H and O–H groups in total. The van der Waals surface area contributed by atoms with Gasteiger partial charge in [0.25, 0.3) is 0 Å². The van der Waals surface area contributed by atoms with Gasteiger partial charge in [-0.25, -0.2) is 33.6 Å². The molecule has 0 fully saturated rings. The number of esters is 7. The van der Waals surface area contributed by atoms with E-state index < -0.39 is 41.8 Å². The Hall–Kier alpha value is -7.65. The van der Waals surface area contributed by atoms with Gasteiger partial charge in [0.1, 0.15) is 23.7 Å². The van der Waals surface area contributed by atoms with Crippen molar-refractivity contribution in [3.05, 3.63) is 165 Å². The van der Waals surface area contributed by atoms with Crippen molar-refractivity contribution in [2.75, 3.05) is 0 Å². The number of ether oxygens (including phenoxy) is 5. The number of cyclic esters (lactones) is 4. The van der Waals surface area contributed by atoms with E-state index in [2.05, 4.69) is 21.3 Å². The molecule has 12 nitrogen and oxygen atoms in total. The highest BCUT2D eigenvalue weighted by Gasteiger charge is 2.32. The second-order valence-corrected chi connectivity index (χ2v) is 11.2. The van der Waals surface area contributed by atoms with Gasteiger partial charge in [0, 0.05) is 11.1 Å². The van der Waals surface area contributed by atoms with Crippen LogP contribution in [0.15, 0.2) is 109 Å². The minimum atomic E-state index is -0.986. The molecule has 0 atom stereocenters. The van der Waals surface area contributed by atoms with E-state index in [1.165, 1.54) is 36.4 Å². The van der Waals surface area contributed by atoms with Gasteiger partial charge < -0.3 is 23.7 Å². The zero-order valence-corrected chi connectivity index (χ0v) is 26.5. The fourth-order valence-corrected chi connectivity index (χ4v) is 5.15. The largest absolute Gasteiger partial charge is 0.457 e. The minimum Gasteiger partial charge on any atom is -0.457 e. The van der Waals surface area contributed by atoms with Crippen LogP contribution in [0.25, 0.3) is 0 Å². The number of carbonyl (C=O) groups excluding carboxylic acids is 7. The molecule has 2 aliphatic rings. The molecule has 0 aromatic heterocycles. The number of benzene rings is 5. The Labute approximate surface area is 293 Å². The van der Waals surface area contributed by atoms with Gasteiger partial charge in [-0.2, -0.15) is 0 Å². The van der Waals surface area contributed by atoms with Crippen molar-refractivity contribution in [2.24, 2.45) is 0 Å². The lowest BCUT2D eigenvalue weighted by atomic mass is 10.1. The number of rotatable bonds is 7. The van der Waals surface area contributed by atoms with Crippen LogP contribution in [0, 0.1) is 11.8 Å². The third kappa shape index (κ3) is 6.78. The van der Waals surface area contributed by atoms with Gasteiger partial charge in [-0.3, -0.25) is 0 Å². The predicted molar refractivity (Wildman–Crippen MR) is 177 cm³/mol. The lowest BCUT2D eigenvalue weighted by molar-refractivity contribution is 0.0425. The average Bonchev–Trinajstić information content (AvgIpc) is 3.62. The van der Waals surface area contributed by atoms with Crippen LogP contribution in [0.5, 0.6) is 11.5 Å². The summed E-state index contributed by atoms with van der Waals surface area (Å²) in [6.45, 7) is -0.187. The van der Waals surface area contributed by atoms with Gasteiger partial charge in [-0.05, 0) is 84.4 Å². The van der Waals surface area contributed by atoms with Crippen molar-refractivity contribution in [1.29, 1.82) is 0 Å². The molecular weight excluding hydrogens is 672 g/mol. The monoisotopic (exact) mass is 692 g/mol. The van der Waals surface area contributed by atoms with Gasteiger partial charge in [0.15, 0.2) is 0 Å². The quantitative estimate of drug-likeness (QED) is 0.0692. The maximum absolute atomic E-state index is 13.5. The van der Waals surface area contributed by atoms with Crippen molar-refractivity contribution < 1.29 is 57.2 Å². The molecule has 0 radical (unpaired) electrons. The Balaban J connectivity index is 1.11. The van der Waals surface area contributed by atoms with Crippen LogP contribution in [0.3, 0.4) is 0 Å². The fourth-order valence-electron chi connectivity index (χ4n) is 5.15. The minimum absolute atomic E-state index is 0.000586. The Morgan fingerprint density at radius 2 is 1.06 bits per heavy atom. The molecule has 52 heavy (non-hydrogen) atoms. The van der Waals surface area contributed by atoms with Gasteiger partial charge in [-0.1, -0.05) is 42.2 Å². The Morgan fingerprint density at radius 1 is 0.519 bits per heavy atom. The number of fused-ring (bicyclic) bond motifs is 2. The molecule has 2 aliphatic heterocycles. The van der Waals surface area contributed by atoms with Crippen molar-refractivity contribution in [3.8, 4) is 23.3 Å². The topological polar surface area (TPSA) is 166 Å². The lowest BCUT2D eigenvalue weighted by Crippen LogP contribution is -2.15. The van der Waals surface area contributed by atoms with E-state index in [1.807, 2.05) is 30.3 Å². The van der Waals surface area contributed by atoms with Crippen molar-refractivity contribution in [3.63, 3.8) is 0 Å². The summed E-state index contributed by atoms with van der Waals surface area (Å²) in [5.41, 5.74) is 1.45. The van der Waals surface area contributed by atoms with Crippen molar-refractivity contribution in [2.45, 2.75) is 6.61 Å². The average molecular weight is 693 g/mol. The molecule has 252 valence electrons. The number of hydrogen-bond acceptors (Lipinski definition) is 12. The standard InChI is InChI=1S/C40H20O12/c41-34(25-12-15-28-30(18-25)39(46)51-37(28)44)49-27-14-17-33(50-35(42)26-13-16-29-31(19-26)40(47)52-38(29)45)32(20-27)36(43)48-21-24-10-8-23(9-11-24)7-6-22-4-2-1-3-5-22/h1-5,8-20H,21H2. The van der Waals surface area contributed by atoms with Crippen LogP contribution >= 0.6 is 0 Å². The highest BCUT2D eigenvalue weighted by atomic mass is 16.6. The van der Waals surface area contributed by atoms with Crippen LogP contribution in [-0.2, 0) is 20.8 Å². The second-order valence-electron chi connectivity index (χ2n) is 11.2. The highest BCUT2D eigenvalue weighted by molar-refractivity contribution is 6.16. The Bertz CT molecular complexity index is 2430. The molecule has 0 saturated carbocycles. The highest BCUT2D eigenvalue weighted by Crippen LogP contribution is 2.29. The molecule has 7 rings (SSSR count). The zero-order chi connectivity index (χ0) is 36.4. The summed E-state index contributed by atoms with van der Waals surface area (Å²) in [6, 6.07) is 27.3. The van der Waals surface area contributed by atoms with Crippen LogP contribution in [0.2, 0.25) is 0 Å². The summed E-state index contributed by atoms with van der Waals surface area (Å²) in [5, 5.41) is 0. The molecule has 0 aliphatic carbocycles. The first-order chi connectivity index (χ1) is 25.1. The third-order valence-electron chi connectivity index (χ3n) is 7.79. The third-order valence-corrected chi connectivity index (χ3v) is 7.79. The number of carbonyl (C=O) groups is 7. The fraction of sp³-hybridized carbons (Fsp3) is 0.0250. The normalized spacial score (nSPS) is 12.5. The van der Waals surface area contributed by atoms with Gasteiger partial charge in [-0.15, -0.1) is 0 Å². The Morgan fingerprint density at radius 3 is 1.65 bits per heavy atom. The summed E-state index contributed by atoms with van der Waals surface area (Å²) in [5.74, 6) is -0.706. The molecule has 0 amide bonds. The number of hydrogen-bond donors (Lipinski definition) is 0. The van der Waals surface area contributed by atoms with E-state index in [1.54, 1.807) is 24.3 Å². The maximum atomic E-state index is 13.5. The lowest BCUT2D eigenvalue weighted by Gasteiger charge is -2.13. The van der Waals surface area contributed by atoms with Gasteiger partial charge >= 0.3 is 41.8 Å². The first kappa shape index (κ1) is 32.9. The van der Waals surface area contributed by atoms with E-state index in [-0.39, 0.29) is 57.1 Å². The molecule has 2 heterocycles. The molecule has 0 spiro atoms. The molecule has 5 aromatic rings. The molecular formula is C40H20O12. The molecule has 0 bridgehead atoms. The second kappa shape index (κ2) is 13.7. The van der Waals surface area contributed by atoms with Gasteiger partial charge in [0.2, 0.25) is 0 Å². The van der Waals surface area contributed by atoms with Crippen LogP contribution in [0.1, 0.15) is 89.2 Å². The molecule has 0 unspecified atom stereocenters. The first-order valence-corrected chi connectivity index (χ1v) is 15.4. The molecule has 12 heteroatoms. The summed E-state index contributed by atoms with van der Waals surface area (Å²) in [6.07, 6.45) is 0. The smallest absolute Gasteiger partial charge is 0.346 e. The molecule has 5 aromatic carbocycles. The summed E-state index contributed by atoms with van der Waals surface area (Å²) < 4.78 is 25.6. The van der Waals surface area contributed by atoms with Crippen LogP contribution < -0.4 is 9.47 Å². The SMILES string of the molecule is O=C(Oc1ccc(OC(=O)c2ccc3c(c2)C(=O)OC3=O)c(C(=O)OCc2ccc(C#Cc3ccccc3)cc2)c1)c1ccc2c(c1)C(=O)OC2=O. The molecule has 0 saturated heterocycles.